The van der Waals surface area contributed by atoms with Crippen LogP contribution in [0.3, 0.4) is 0 Å². The lowest BCUT2D eigenvalue weighted by Gasteiger charge is -2.24. The summed E-state index contributed by atoms with van der Waals surface area (Å²) in [6.45, 7) is 3.25. The fourth-order valence-corrected chi connectivity index (χ4v) is 2.34. The van der Waals surface area contributed by atoms with Crippen molar-refractivity contribution in [1.82, 2.24) is 5.32 Å². The summed E-state index contributed by atoms with van der Waals surface area (Å²) < 4.78 is 38.3. The second-order valence-corrected chi connectivity index (χ2v) is 4.62. The highest BCUT2D eigenvalue weighted by Crippen LogP contribution is 2.34. The summed E-state index contributed by atoms with van der Waals surface area (Å²) in [6, 6.07) is 4.71. The summed E-state index contributed by atoms with van der Waals surface area (Å²) in [7, 11) is 0. The number of benzene rings is 1. The highest BCUT2D eigenvalue weighted by molar-refractivity contribution is 5.35. The lowest BCUT2D eigenvalue weighted by molar-refractivity contribution is -0.138. The Labute approximate surface area is 99.0 Å². The van der Waals surface area contributed by atoms with Crippen LogP contribution in [0.25, 0.3) is 0 Å². The smallest absolute Gasteiger partial charge is 0.316 e. The van der Waals surface area contributed by atoms with E-state index in [4.69, 9.17) is 0 Å². The number of halogens is 3. The number of piperidine rings is 1. The lowest BCUT2D eigenvalue weighted by Crippen LogP contribution is -2.28. The Morgan fingerprint density at radius 2 is 2.06 bits per heavy atom. The van der Waals surface area contributed by atoms with Gasteiger partial charge in [0.2, 0.25) is 0 Å². The summed E-state index contributed by atoms with van der Waals surface area (Å²) in [5.74, 6) is 0.213. The lowest BCUT2D eigenvalue weighted by atomic mass is 9.89. The maximum atomic E-state index is 12.8. The van der Waals surface area contributed by atoms with Crippen LogP contribution in [0, 0.1) is 6.92 Å². The van der Waals surface area contributed by atoms with Gasteiger partial charge in [-0.1, -0.05) is 12.1 Å². The van der Waals surface area contributed by atoms with Crippen LogP contribution in [0.1, 0.15) is 35.4 Å². The van der Waals surface area contributed by atoms with Crippen LogP contribution in [-0.4, -0.2) is 13.1 Å². The zero-order valence-electron chi connectivity index (χ0n) is 9.77. The quantitative estimate of drug-likeness (QED) is 0.796. The number of hydrogen-bond donors (Lipinski definition) is 1. The third-order valence-corrected chi connectivity index (χ3v) is 3.34. The molecule has 1 atom stereocenters. The molecular formula is C13H16F3N. The van der Waals surface area contributed by atoms with Crippen molar-refractivity contribution in [3.63, 3.8) is 0 Å². The van der Waals surface area contributed by atoms with E-state index in [0.29, 0.717) is 5.56 Å². The number of rotatable bonds is 1. The molecule has 4 heteroatoms. The van der Waals surface area contributed by atoms with Crippen molar-refractivity contribution in [2.45, 2.75) is 31.9 Å². The minimum atomic E-state index is -4.25. The Balaban J connectivity index is 2.30. The SMILES string of the molecule is Cc1ccc(C2CCCNC2)cc1C(F)(F)F. The number of alkyl halides is 3. The first-order chi connectivity index (χ1) is 7.98. The molecule has 0 radical (unpaired) electrons. The molecule has 1 aliphatic rings. The third-order valence-electron chi connectivity index (χ3n) is 3.34. The van der Waals surface area contributed by atoms with Crippen LogP contribution in [-0.2, 0) is 6.18 Å². The summed E-state index contributed by atoms with van der Waals surface area (Å²) >= 11 is 0. The standard InChI is InChI=1S/C13H16F3N/c1-9-4-5-10(7-12(9)13(14,15)16)11-3-2-6-17-8-11/h4-5,7,11,17H,2-3,6,8H2,1H3. The molecule has 1 heterocycles. The van der Waals surface area contributed by atoms with E-state index in [-0.39, 0.29) is 5.92 Å². The average molecular weight is 243 g/mol. The number of nitrogens with one attached hydrogen (secondary N) is 1. The van der Waals surface area contributed by atoms with E-state index in [9.17, 15) is 13.2 Å². The molecule has 0 bridgehead atoms. The largest absolute Gasteiger partial charge is 0.416 e. The van der Waals surface area contributed by atoms with Crippen LogP contribution < -0.4 is 5.32 Å². The molecule has 2 rings (SSSR count). The number of hydrogen-bond acceptors (Lipinski definition) is 1. The Morgan fingerprint density at radius 3 is 2.65 bits per heavy atom. The molecule has 1 fully saturated rings. The van der Waals surface area contributed by atoms with Gasteiger partial charge in [-0.2, -0.15) is 13.2 Å². The highest BCUT2D eigenvalue weighted by atomic mass is 19.4. The first kappa shape index (κ1) is 12.4. The molecular weight excluding hydrogens is 227 g/mol. The maximum Gasteiger partial charge on any atom is 0.416 e. The normalized spacial score (nSPS) is 21.5. The maximum absolute atomic E-state index is 12.8. The minimum absolute atomic E-state index is 0.213. The summed E-state index contributed by atoms with van der Waals surface area (Å²) in [5.41, 5.74) is 0.598. The van der Waals surface area contributed by atoms with Gasteiger partial charge in [-0.15, -0.1) is 0 Å². The van der Waals surface area contributed by atoms with Crippen LogP contribution in [0.15, 0.2) is 18.2 Å². The molecule has 0 saturated carbocycles. The minimum Gasteiger partial charge on any atom is -0.316 e. The second-order valence-electron chi connectivity index (χ2n) is 4.62. The van der Waals surface area contributed by atoms with Gasteiger partial charge in [0, 0.05) is 6.54 Å². The van der Waals surface area contributed by atoms with Gasteiger partial charge in [0.05, 0.1) is 5.56 Å². The first-order valence-electron chi connectivity index (χ1n) is 5.87. The Kier molecular flexibility index (Phi) is 3.43. The van der Waals surface area contributed by atoms with Gasteiger partial charge in [0.25, 0.3) is 0 Å². The summed E-state index contributed by atoms with van der Waals surface area (Å²) in [4.78, 5) is 0. The molecule has 1 aliphatic heterocycles. The van der Waals surface area contributed by atoms with Gasteiger partial charge in [-0.3, -0.25) is 0 Å². The molecule has 1 aromatic carbocycles. The van der Waals surface area contributed by atoms with E-state index in [1.807, 2.05) is 6.07 Å². The predicted octanol–water partition coefficient (Wildman–Crippen LogP) is 3.48. The van der Waals surface area contributed by atoms with Crippen LogP contribution in [0.2, 0.25) is 0 Å². The second kappa shape index (κ2) is 4.69. The predicted molar refractivity (Wildman–Crippen MR) is 61.0 cm³/mol. The Morgan fingerprint density at radius 1 is 1.29 bits per heavy atom. The van der Waals surface area contributed by atoms with Crippen molar-refractivity contribution >= 4 is 0 Å². The summed E-state index contributed by atoms with van der Waals surface area (Å²) in [5, 5.41) is 3.22. The van der Waals surface area contributed by atoms with Crippen molar-refractivity contribution in [3.8, 4) is 0 Å². The molecule has 0 spiro atoms. The van der Waals surface area contributed by atoms with Gasteiger partial charge >= 0.3 is 6.18 Å². The van der Waals surface area contributed by atoms with E-state index in [0.717, 1.165) is 31.5 Å². The van der Waals surface area contributed by atoms with Crippen molar-refractivity contribution in [2.24, 2.45) is 0 Å². The van der Waals surface area contributed by atoms with Crippen LogP contribution in [0.4, 0.5) is 13.2 Å². The third kappa shape index (κ3) is 2.80. The monoisotopic (exact) mass is 243 g/mol. The topological polar surface area (TPSA) is 12.0 Å². The molecule has 94 valence electrons. The van der Waals surface area contributed by atoms with Gasteiger partial charge in [-0.05, 0) is 49.4 Å². The molecule has 0 aliphatic carbocycles. The van der Waals surface area contributed by atoms with Gasteiger partial charge < -0.3 is 5.32 Å². The van der Waals surface area contributed by atoms with E-state index in [1.165, 1.54) is 13.0 Å². The van der Waals surface area contributed by atoms with Crippen LogP contribution >= 0.6 is 0 Å². The zero-order chi connectivity index (χ0) is 12.5. The van der Waals surface area contributed by atoms with Crippen molar-refractivity contribution in [2.75, 3.05) is 13.1 Å². The molecule has 1 saturated heterocycles. The van der Waals surface area contributed by atoms with Crippen LogP contribution in [0.5, 0.6) is 0 Å². The van der Waals surface area contributed by atoms with E-state index in [2.05, 4.69) is 5.32 Å². The highest BCUT2D eigenvalue weighted by Gasteiger charge is 2.33. The van der Waals surface area contributed by atoms with Crippen molar-refractivity contribution in [3.05, 3.63) is 34.9 Å². The van der Waals surface area contributed by atoms with E-state index >= 15 is 0 Å². The molecule has 0 aromatic heterocycles. The van der Waals surface area contributed by atoms with E-state index < -0.39 is 11.7 Å². The van der Waals surface area contributed by atoms with E-state index in [1.54, 1.807) is 6.07 Å². The summed E-state index contributed by atoms with van der Waals surface area (Å²) in [6.07, 6.45) is -2.25. The molecule has 1 aromatic rings. The number of aryl methyl sites for hydroxylation is 1. The molecule has 17 heavy (non-hydrogen) atoms. The van der Waals surface area contributed by atoms with Crippen molar-refractivity contribution < 1.29 is 13.2 Å². The fourth-order valence-electron chi connectivity index (χ4n) is 2.34. The fraction of sp³-hybridized carbons (Fsp3) is 0.538. The van der Waals surface area contributed by atoms with Gasteiger partial charge in [-0.25, -0.2) is 0 Å². The van der Waals surface area contributed by atoms with Crippen molar-refractivity contribution in [1.29, 1.82) is 0 Å². The Bertz CT molecular complexity index is 392. The molecule has 1 N–H and O–H groups in total. The Hall–Kier alpha value is -1.03. The molecule has 1 unspecified atom stereocenters. The van der Waals surface area contributed by atoms with Gasteiger partial charge in [0.1, 0.15) is 0 Å². The first-order valence-corrected chi connectivity index (χ1v) is 5.87. The van der Waals surface area contributed by atoms with Gasteiger partial charge in [0.15, 0.2) is 0 Å². The average Bonchev–Trinajstić information content (AvgIpc) is 2.29. The zero-order valence-corrected chi connectivity index (χ0v) is 9.77. The molecule has 0 amide bonds. The molecule has 1 nitrogen and oxygen atoms in total.